The Morgan fingerprint density at radius 2 is 1.34 bits per heavy atom. The topological polar surface area (TPSA) is 174 Å². The molecule has 1 aromatic rings. The van der Waals surface area contributed by atoms with Gasteiger partial charge < -0.3 is 23.7 Å². The van der Waals surface area contributed by atoms with E-state index in [2.05, 4.69) is 9.97 Å². The fourth-order valence-corrected chi connectivity index (χ4v) is 4.45. The van der Waals surface area contributed by atoms with Crippen LogP contribution in [0.4, 0.5) is 0 Å². The van der Waals surface area contributed by atoms with E-state index in [1.165, 1.54) is 18.5 Å². The Bertz CT molecular complexity index is 966. The van der Waals surface area contributed by atoms with E-state index < -0.39 is 75.3 Å². The summed E-state index contributed by atoms with van der Waals surface area (Å²) in [6.45, 7) is 3.62. The van der Waals surface area contributed by atoms with Crippen LogP contribution in [-0.4, -0.2) is 78.7 Å². The maximum absolute atomic E-state index is 13.2. The quantitative estimate of drug-likeness (QED) is 0.277. The van der Waals surface area contributed by atoms with E-state index in [1.807, 2.05) is 0 Å². The van der Waals surface area contributed by atoms with Crippen molar-refractivity contribution < 1.29 is 51.3 Å². The molecule has 1 unspecified atom stereocenters. The maximum Gasteiger partial charge on any atom is 0.303 e. The highest BCUT2D eigenvalue weighted by Gasteiger charge is 2.57. The minimum atomic E-state index is -4.54. The first-order valence-electron chi connectivity index (χ1n) is 9.25. The van der Waals surface area contributed by atoms with Crippen LogP contribution >= 0.6 is 0 Å². The lowest BCUT2D eigenvalue weighted by molar-refractivity contribution is -0.238. The third kappa shape index (κ3) is 6.20. The van der Waals surface area contributed by atoms with Crippen molar-refractivity contribution in [1.82, 2.24) is 9.97 Å². The number of carbonyl (C=O) groups is 4. The SMILES string of the molecule is CC(=O)OC[C@H]1OC(S(=O)(=O)c2ncccn2)[C@H](OC(C)=O)[C@@H](OC(C)=O)[C@@H]1OC(C)=O. The predicted molar refractivity (Wildman–Crippen MR) is 101 cm³/mol. The van der Waals surface area contributed by atoms with Crippen LogP contribution in [0, 0.1) is 0 Å². The molecule has 1 fully saturated rings. The summed E-state index contributed by atoms with van der Waals surface area (Å²) in [5.74, 6) is -3.38. The van der Waals surface area contributed by atoms with Crippen molar-refractivity contribution in [3.05, 3.63) is 18.5 Å². The molecule has 1 saturated heterocycles. The van der Waals surface area contributed by atoms with Gasteiger partial charge in [0.25, 0.3) is 0 Å². The summed E-state index contributed by atoms with van der Waals surface area (Å²) in [4.78, 5) is 53.9. The summed E-state index contributed by atoms with van der Waals surface area (Å²) in [6.07, 6.45) is -3.90. The summed E-state index contributed by atoms with van der Waals surface area (Å²) in [5, 5.41) is -0.652. The third-order valence-electron chi connectivity index (χ3n) is 4.05. The first-order chi connectivity index (χ1) is 14.9. The summed E-state index contributed by atoms with van der Waals surface area (Å²) in [6, 6.07) is 1.38. The maximum atomic E-state index is 13.2. The fourth-order valence-electron chi connectivity index (χ4n) is 2.97. The summed E-state index contributed by atoms with van der Waals surface area (Å²) < 4.78 is 52.5. The molecule has 2 heterocycles. The molecule has 0 aliphatic carbocycles. The minimum Gasteiger partial charge on any atom is -0.463 e. The molecule has 0 spiro atoms. The number of esters is 4. The molecular formula is C18H22N2O11S. The third-order valence-corrected chi connectivity index (χ3v) is 5.76. The van der Waals surface area contributed by atoms with Crippen LogP contribution in [0.25, 0.3) is 0 Å². The zero-order valence-electron chi connectivity index (χ0n) is 17.6. The van der Waals surface area contributed by atoms with Gasteiger partial charge in [-0.3, -0.25) is 19.2 Å². The highest BCUT2D eigenvalue weighted by molar-refractivity contribution is 7.91. The molecule has 176 valence electrons. The molecule has 1 aliphatic heterocycles. The molecule has 1 aromatic heterocycles. The van der Waals surface area contributed by atoms with Gasteiger partial charge in [-0.15, -0.1) is 0 Å². The fraction of sp³-hybridized carbons (Fsp3) is 0.556. The van der Waals surface area contributed by atoms with Crippen molar-refractivity contribution in [3.8, 4) is 0 Å². The standard InChI is InChI=1S/C18H22N2O11S/c1-9(21)27-8-13-14(28-10(2)22)15(29-11(3)23)16(30-12(4)24)17(31-13)32(25,26)18-19-6-5-7-20-18/h5-7,13-17H,8H2,1-4H3/t13-,14-,15+,16-,17?/m1/s1. The molecule has 14 heteroatoms. The zero-order chi connectivity index (χ0) is 24.1. The molecule has 0 bridgehead atoms. The van der Waals surface area contributed by atoms with E-state index in [0.29, 0.717) is 0 Å². The van der Waals surface area contributed by atoms with E-state index in [0.717, 1.165) is 27.7 Å². The van der Waals surface area contributed by atoms with Crippen molar-refractivity contribution >= 4 is 33.7 Å². The lowest BCUT2D eigenvalue weighted by Crippen LogP contribution is -2.64. The van der Waals surface area contributed by atoms with Gasteiger partial charge in [-0.1, -0.05) is 0 Å². The van der Waals surface area contributed by atoms with Crippen LogP contribution in [0.1, 0.15) is 27.7 Å². The smallest absolute Gasteiger partial charge is 0.303 e. The molecule has 0 N–H and O–H groups in total. The van der Waals surface area contributed by atoms with Crippen molar-refractivity contribution in [2.75, 3.05) is 6.61 Å². The van der Waals surface area contributed by atoms with Gasteiger partial charge in [-0.25, -0.2) is 18.4 Å². The van der Waals surface area contributed by atoms with E-state index in [4.69, 9.17) is 23.7 Å². The second-order valence-electron chi connectivity index (χ2n) is 6.64. The molecule has 13 nitrogen and oxygen atoms in total. The molecule has 5 atom stereocenters. The van der Waals surface area contributed by atoms with Gasteiger partial charge in [-0.05, 0) is 6.07 Å². The lowest BCUT2D eigenvalue weighted by Gasteiger charge is -2.43. The van der Waals surface area contributed by atoms with Gasteiger partial charge in [0, 0.05) is 40.1 Å². The Morgan fingerprint density at radius 1 is 0.844 bits per heavy atom. The molecule has 0 amide bonds. The Morgan fingerprint density at radius 3 is 1.84 bits per heavy atom. The van der Waals surface area contributed by atoms with Gasteiger partial charge in [0.1, 0.15) is 12.7 Å². The van der Waals surface area contributed by atoms with Gasteiger partial charge >= 0.3 is 23.9 Å². The van der Waals surface area contributed by atoms with Crippen LogP contribution in [0.3, 0.4) is 0 Å². The molecule has 2 rings (SSSR count). The highest BCUT2D eigenvalue weighted by atomic mass is 32.2. The van der Waals surface area contributed by atoms with E-state index in [9.17, 15) is 27.6 Å². The summed E-state index contributed by atoms with van der Waals surface area (Å²) >= 11 is 0. The van der Waals surface area contributed by atoms with Crippen molar-refractivity contribution in [3.63, 3.8) is 0 Å². The Labute approximate surface area is 183 Å². The normalized spacial score (nSPS) is 25.3. The number of sulfone groups is 1. The number of nitrogens with zero attached hydrogens (tertiary/aromatic N) is 2. The molecule has 32 heavy (non-hydrogen) atoms. The Hall–Kier alpha value is -3.13. The van der Waals surface area contributed by atoms with Crippen LogP contribution in [0.2, 0.25) is 0 Å². The largest absolute Gasteiger partial charge is 0.463 e. The average molecular weight is 474 g/mol. The molecule has 0 radical (unpaired) electrons. The number of aromatic nitrogens is 2. The number of carbonyl (C=O) groups excluding carboxylic acids is 4. The number of hydrogen-bond acceptors (Lipinski definition) is 13. The van der Waals surface area contributed by atoms with Crippen LogP contribution in [-0.2, 0) is 52.7 Å². The van der Waals surface area contributed by atoms with Crippen molar-refractivity contribution in [2.45, 2.75) is 62.7 Å². The highest BCUT2D eigenvalue weighted by Crippen LogP contribution is 2.33. The monoisotopic (exact) mass is 474 g/mol. The van der Waals surface area contributed by atoms with Gasteiger partial charge in [0.2, 0.25) is 20.4 Å². The van der Waals surface area contributed by atoms with Crippen molar-refractivity contribution in [2.24, 2.45) is 0 Å². The number of hydrogen-bond donors (Lipinski definition) is 0. The van der Waals surface area contributed by atoms with E-state index >= 15 is 0 Å². The zero-order valence-corrected chi connectivity index (χ0v) is 18.4. The van der Waals surface area contributed by atoms with Gasteiger partial charge in [0.15, 0.2) is 18.3 Å². The average Bonchev–Trinajstić information content (AvgIpc) is 2.69. The van der Waals surface area contributed by atoms with Gasteiger partial charge in [0.05, 0.1) is 0 Å². The first-order valence-corrected chi connectivity index (χ1v) is 10.8. The van der Waals surface area contributed by atoms with Crippen LogP contribution < -0.4 is 0 Å². The second-order valence-corrected chi connectivity index (χ2v) is 8.56. The van der Waals surface area contributed by atoms with E-state index in [-0.39, 0.29) is 0 Å². The molecule has 1 aliphatic rings. The first kappa shape index (κ1) is 25.1. The number of rotatable bonds is 7. The van der Waals surface area contributed by atoms with Gasteiger partial charge in [-0.2, -0.15) is 0 Å². The minimum absolute atomic E-state index is 0.556. The second kappa shape index (κ2) is 10.5. The Balaban J connectivity index is 2.61. The molecule has 0 saturated carbocycles. The van der Waals surface area contributed by atoms with Crippen LogP contribution in [0.5, 0.6) is 0 Å². The molecular weight excluding hydrogens is 452 g/mol. The van der Waals surface area contributed by atoms with Crippen LogP contribution in [0.15, 0.2) is 23.6 Å². The Kier molecular flexibility index (Phi) is 8.21. The lowest BCUT2D eigenvalue weighted by atomic mass is 9.99. The summed E-state index contributed by atoms with van der Waals surface area (Å²) in [7, 11) is -4.54. The predicted octanol–water partition coefficient (Wildman–Crippen LogP) is -0.667. The van der Waals surface area contributed by atoms with E-state index in [1.54, 1.807) is 0 Å². The number of ether oxygens (including phenoxy) is 5. The van der Waals surface area contributed by atoms with Crippen molar-refractivity contribution in [1.29, 1.82) is 0 Å². The summed E-state index contributed by atoms with van der Waals surface area (Å²) in [5.41, 5.74) is -1.98. The molecule has 0 aromatic carbocycles.